The highest BCUT2D eigenvalue weighted by Gasteiger charge is 2.42. The van der Waals surface area contributed by atoms with Gasteiger partial charge in [-0.25, -0.2) is 0 Å². The summed E-state index contributed by atoms with van der Waals surface area (Å²) < 4.78 is 1.69. The molecule has 3 atom stereocenters. The van der Waals surface area contributed by atoms with E-state index in [1.54, 1.807) is 17.1 Å². The van der Waals surface area contributed by atoms with Gasteiger partial charge < -0.3 is 10.6 Å². The number of rotatable bonds is 3. The monoisotopic (exact) mass is 285 g/mol. The molecule has 2 N–H and O–H groups in total. The van der Waals surface area contributed by atoms with Crippen LogP contribution < -0.4 is 5.73 Å². The second-order valence-electron chi connectivity index (χ2n) is 5.38. The van der Waals surface area contributed by atoms with Gasteiger partial charge in [0, 0.05) is 31.7 Å². The standard InChI is InChI=1S/C12H19N5O.ClH/c13-11-2-1-9-7-16(8-10(9)11)12(18)3-5-17-6-4-14-15-17;/h4,6,9-11H,1-3,5,7-8,13H2;1H. The van der Waals surface area contributed by atoms with Crippen LogP contribution in [0, 0.1) is 11.8 Å². The van der Waals surface area contributed by atoms with Gasteiger partial charge in [-0.1, -0.05) is 5.21 Å². The van der Waals surface area contributed by atoms with Crippen LogP contribution in [0.15, 0.2) is 12.4 Å². The van der Waals surface area contributed by atoms with Crippen LogP contribution in [0.1, 0.15) is 19.3 Å². The molecule has 1 aromatic heterocycles. The Balaban J connectivity index is 0.00000133. The zero-order chi connectivity index (χ0) is 12.5. The Hall–Kier alpha value is -1.14. The van der Waals surface area contributed by atoms with Crippen molar-refractivity contribution < 1.29 is 4.79 Å². The average molecular weight is 286 g/mol. The van der Waals surface area contributed by atoms with Crippen LogP contribution in [0.5, 0.6) is 0 Å². The van der Waals surface area contributed by atoms with Crippen LogP contribution in [0.25, 0.3) is 0 Å². The highest BCUT2D eigenvalue weighted by atomic mass is 35.5. The minimum absolute atomic E-state index is 0. The molecule has 0 bridgehead atoms. The summed E-state index contributed by atoms with van der Waals surface area (Å²) in [5.41, 5.74) is 6.07. The highest BCUT2D eigenvalue weighted by molar-refractivity contribution is 5.85. The fourth-order valence-electron chi connectivity index (χ4n) is 3.23. The zero-order valence-electron chi connectivity index (χ0n) is 10.8. The SMILES string of the molecule is Cl.NC1CCC2CN(C(=O)CCn3ccnn3)CC12. The number of aryl methyl sites for hydroxylation is 1. The van der Waals surface area contributed by atoms with Crippen molar-refractivity contribution in [1.82, 2.24) is 19.9 Å². The molecule has 19 heavy (non-hydrogen) atoms. The molecule has 1 aliphatic heterocycles. The number of amides is 1. The summed E-state index contributed by atoms with van der Waals surface area (Å²) >= 11 is 0. The summed E-state index contributed by atoms with van der Waals surface area (Å²) in [6.07, 6.45) is 6.21. The third-order valence-electron chi connectivity index (χ3n) is 4.29. The zero-order valence-corrected chi connectivity index (χ0v) is 11.6. The Morgan fingerprint density at radius 1 is 1.37 bits per heavy atom. The van der Waals surface area contributed by atoms with E-state index >= 15 is 0 Å². The summed E-state index contributed by atoms with van der Waals surface area (Å²) in [7, 11) is 0. The predicted octanol–water partition coefficient (Wildman–Crippen LogP) is 0.286. The fourth-order valence-corrected chi connectivity index (χ4v) is 3.23. The number of hydrogen-bond acceptors (Lipinski definition) is 4. The van der Waals surface area contributed by atoms with Crippen molar-refractivity contribution in [3.05, 3.63) is 12.4 Å². The number of carbonyl (C=O) groups excluding carboxylic acids is 1. The lowest BCUT2D eigenvalue weighted by molar-refractivity contribution is -0.130. The van der Waals surface area contributed by atoms with Gasteiger partial charge in [0.25, 0.3) is 0 Å². The van der Waals surface area contributed by atoms with Crippen LogP contribution in [0.2, 0.25) is 0 Å². The molecule has 2 heterocycles. The molecule has 0 aromatic carbocycles. The summed E-state index contributed by atoms with van der Waals surface area (Å²) in [5.74, 6) is 1.38. The van der Waals surface area contributed by atoms with E-state index in [1.807, 2.05) is 4.90 Å². The van der Waals surface area contributed by atoms with Crippen molar-refractivity contribution in [3.63, 3.8) is 0 Å². The first-order chi connectivity index (χ1) is 8.74. The second-order valence-corrected chi connectivity index (χ2v) is 5.38. The van der Waals surface area contributed by atoms with E-state index in [9.17, 15) is 4.79 Å². The number of nitrogens with two attached hydrogens (primary N) is 1. The van der Waals surface area contributed by atoms with E-state index in [2.05, 4.69) is 10.3 Å². The maximum absolute atomic E-state index is 12.1. The molecule has 1 saturated carbocycles. The summed E-state index contributed by atoms with van der Waals surface area (Å²) in [6, 6.07) is 0.295. The Bertz CT molecular complexity index is 424. The van der Waals surface area contributed by atoms with Gasteiger partial charge in [-0.05, 0) is 24.7 Å². The third kappa shape index (κ3) is 2.90. The topological polar surface area (TPSA) is 77.0 Å². The normalized spacial score (nSPS) is 29.1. The molecule has 3 unspecified atom stereocenters. The van der Waals surface area contributed by atoms with Crippen molar-refractivity contribution in [1.29, 1.82) is 0 Å². The first-order valence-corrected chi connectivity index (χ1v) is 6.61. The molecular weight excluding hydrogens is 266 g/mol. The maximum atomic E-state index is 12.1. The van der Waals surface area contributed by atoms with Crippen molar-refractivity contribution in [3.8, 4) is 0 Å². The van der Waals surface area contributed by atoms with Gasteiger partial charge >= 0.3 is 0 Å². The molecule has 2 fully saturated rings. The molecular formula is C12H20ClN5O. The minimum atomic E-state index is 0. The number of halogens is 1. The van der Waals surface area contributed by atoms with Crippen LogP contribution in [0.3, 0.4) is 0 Å². The van der Waals surface area contributed by atoms with Crippen molar-refractivity contribution in [2.45, 2.75) is 31.8 Å². The number of carbonyl (C=O) groups is 1. The van der Waals surface area contributed by atoms with E-state index in [4.69, 9.17) is 5.73 Å². The smallest absolute Gasteiger partial charge is 0.224 e. The summed E-state index contributed by atoms with van der Waals surface area (Å²) in [6.45, 7) is 2.35. The highest BCUT2D eigenvalue weighted by Crippen LogP contribution is 2.37. The van der Waals surface area contributed by atoms with E-state index in [-0.39, 0.29) is 18.3 Å². The molecule has 1 saturated heterocycles. The van der Waals surface area contributed by atoms with Gasteiger partial charge in [0.1, 0.15) is 0 Å². The number of fused-ring (bicyclic) bond motifs is 1. The van der Waals surface area contributed by atoms with Gasteiger partial charge in [-0.3, -0.25) is 9.48 Å². The Kier molecular flexibility index (Phi) is 4.42. The predicted molar refractivity (Wildman–Crippen MR) is 72.7 cm³/mol. The Morgan fingerprint density at radius 2 is 2.21 bits per heavy atom. The minimum Gasteiger partial charge on any atom is -0.342 e. The number of likely N-dealkylation sites (tertiary alicyclic amines) is 1. The molecule has 0 radical (unpaired) electrons. The van der Waals surface area contributed by atoms with E-state index in [0.717, 1.165) is 19.5 Å². The third-order valence-corrected chi connectivity index (χ3v) is 4.29. The Labute approximate surface area is 118 Å². The van der Waals surface area contributed by atoms with Gasteiger partial charge in [0.2, 0.25) is 5.91 Å². The van der Waals surface area contributed by atoms with Crippen LogP contribution in [-0.4, -0.2) is 44.9 Å². The summed E-state index contributed by atoms with van der Waals surface area (Å²) in [5, 5.41) is 7.59. The lowest BCUT2D eigenvalue weighted by Crippen LogP contribution is -2.33. The molecule has 3 rings (SSSR count). The molecule has 2 aliphatic rings. The Morgan fingerprint density at radius 3 is 2.89 bits per heavy atom. The van der Waals surface area contributed by atoms with Crippen molar-refractivity contribution in [2.75, 3.05) is 13.1 Å². The van der Waals surface area contributed by atoms with Gasteiger partial charge in [-0.15, -0.1) is 17.5 Å². The molecule has 0 spiro atoms. The van der Waals surface area contributed by atoms with Gasteiger partial charge in [0.05, 0.1) is 12.7 Å². The quantitative estimate of drug-likeness (QED) is 0.866. The first-order valence-electron chi connectivity index (χ1n) is 6.61. The average Bonchev–Trinajstić information content (AvgIpc) is 3.05. The van der Waals surface area contributed by atoms with Gasteiger partial charge in [0.15, 0.2) is 0 Å². The molecule has 106 valence electrons. The molecule has 1 amide bonds. The second kappa shape index (κ2) is 5.88. The molecule has 1 aromatic rings. The lowest BCUT2D eigenvalue weighted by atomic mass is 9.98. The number of nitrogens with zero attached hydrogens (tertiary/aromatic N) is 4. The lowest BCUT2D eigenvalue weighted by Gasteiger charge is -2.18. The van der Waals surface area contributed by atoms with E-state index < -0.39 is 0 Å². The molecule has 7 heteroatoms. The van der Waals surface area contributed by atoms with Crippen molar-refractivity contribution in [2.24, 2.45) is 17.6 Å². The first kappa shape index (κ1) is 14.3. The van der Waals surface area contributed by atoms with E-state index in [1.165, 1.54) is 6.42 Å². The van der Waals surface area contributed by atoms with Crippen LogP contribution >= 0.6 is 12.4 Å². The van der Waals surface area contributed by atoms with Gasteiger partial charge in [-0.2, -0.15) is 0 Å². The number of aromatic nitrogens is 3. The maximum Gasteiger partial charge on any atom is 0.224 e. The fraction of sp³-hybridized carbons (Fsp3) is 0.750. The van der Waals surface area contributed by atoms with Crippen LogP contribution in [-0.2, 0) is 11.3 Å². The van der Waals surface area contributed by atoms with E-state index in [0.29, 0.717) is 30.8 Å². The molecule has 1 aliphatic carbocycles. The van der Waals surface area contributed by atoms with Crippen LogP contribution in [0.4, 0.5) is 0 Å². The summed E-state index contributed by atoms with van der Waals surface area (Å²) in [4.78, 5) is 14.1. The number of hydrogen-bond donors (Lipinski definition) is 1. The molecule has 6 nitrogen and oxygen atoms in total. The van der Waals surface area contributed by atoms with Crippen molar-refractivity contribution >= 4 is 18.3 Å². The largest absolute Gasteiger partial charge is 0.342 e.